The summed E-state index contributed by atoms with van der Waals surface area (Å²) in [5.41, 5.74) is 3.82. The molecule has 1 aliphatic heterocycles. The Bertz CT molecular complexity index is 735. The van der Waals surface area contributed by atoms with E-state index in [0.717, 1.165) is 35.3 Å². The molecular formula is C20H26N2O2S. The van der Waals surface area contributed by atoms with Gasteiger partial charge in [0.05, 0.1) is 7.11 Å². The first-order valence-corrected chi connectivity index (χ1v) is 9.33. The molecule has 0 N–H and O–H groups in total. The largest absolute Gasteiger partial charge is 0.496 e. The number of carbonyl (C=O) groups excluding carboxylic acids is 1. The van der Waals surface area contributed by atoms with Gasteiger partial charge in [-0.05, 0) is 73.8 Å². The minimum Gasteiger partial charge on any atom is -0.496 e. The van der Waals surface area contributed by atoms with Crippen LogP contribution in [-0.2, 0) is 4.79 Å². The van der Waals surface area contributed by atoms with Gasteiger partial charge >= 0.3 is 0 Å². The number of benzene rings is 1. The molecule has 1 aromatic rings. The van der Waals surface area contributed by atoms with Crippen LogP contribution in [-0.4, -0.2) is 41.0 Å². The smallest absolute Gasteiger partial charge is 0.277 e. The summed E-state index contributed by atoms with van der Waals surface area (Å²) in [6.07, 6.45) is 7.67. The molecule has 0 aromatic heterocycles. The second-order valence-electron chi connectivity index (χ2n) is 7.02. The van der Waals surface area contributed by atoms with Crippen molar-refractivity contribution in [3.05, 3.63) is 34.5 Å². The van der Waals surface area contributed by atoms with E-state index in [4.69, 9.17) is 17.0 Å². The molecule has 1 saturated heterocycles. The number of rotatable bonds is 3. The van der Waals surface area contributed by atoms with E-state index in [0.29, 0.717) is 10.8 Å². The first kappa shape index (κ1) is 17.9. The lowest BCUT2D eigenvalue weighted by atomic mass is 9.94. The van der Waals surface area contributed by atoms with Crippen LogP contribution in [0.4, 0.5) is 0 Å². The van der Waals surface area contributed by atoms with Crippen molar-refractivity contribution in [2.75, 3.05) is 14.2 Å². The summed E-state index contributed by atoms with van der Waals surface area (Å²) in [6, 6.07) is 4.33. The van der Waals surface area contributed by atoms with Crippen LogP contribution in [0.5, 0.6) is 5.75 Å². The first-order valence-electron chi connectivity index (χ1n) is 8.92. The fourth-order valence-corrected chi connectivity index (χ4v) is 4.10. The third-order valence-corrected chi connectivity index (χ3v) is 5.78. The van der Waals surface area contributed by atoms with Crippen molar-refractivity contribution in [3.63, 3.8) is 0 Å². The molecule has 0 radical (unpaired) electrons. The van der Waals surface area contributed by atoms with Crippen LogP contribution in [0.3, 0.4) is 0 Å². The van der Waals surface area contributed by atoms with E-state index in [2.05, 4.69) is 6.07 Å². The normalized spacial score (nSPS) is 20.7. The number of hydrogen-bond donors (Lipinski definition) is 0. The molecule has 5 heteroatoms. The lowest BCUT2D eigenvalue weighted by Gasteiger charge is -2.30. The second-order valence-corrected chi connectivity index (χ2v) is 7.38. The van der Waals surface area contributed by atoms with Crippen molar-refractivity contribution in [2.24, 2.45) is 0 Å². The molecule has 4 nitrogen and oxygen atoms in total. The van der Waals surface area contributed by atoms with Crippen molar-refractivity contribution >= 4 is 29.3 Å². The molecule has 3 rings (SSSR count). The number of amides is 1. The molecule has 1 aliphatic carbocycles. The van der Waals surface area contributed by atoms with Crippen LogP contribution < -0.4 is 4.74 Å². The van der Waals surface area contributed by atoms with Gasteiger partial charge in [0.25, 0.3) is 5.91 Å². The van der Waals surface area contributed by atoms with Crippen LogP contribution in [0.15, 0.2) is 17.8 Å². The average molecular weight is 359 g/mol. The average Bonchev–Trinajstić information content (AvgIpc) is 2.82. The fourth-order valence-electron chi connectivity index (χ4n) is 3.77. The maximum absolute atomic E-state index is 13.1. The number of aryl methyl sites for hydroxylation is 2. The second kappa shape index (κ2) is 7.16. The van der Waals surface area contributed by atoms with Gasteiger partial charge in [-0.15, -0.1) is 0 Å². The van der Waals surface area contributed by atoms with Gasteiger partial charge in [-0.3, -0.25) is 9.69 Å². The number of carbonyl (C=O) groups is 1. The minimum atomic E-state index is 0.0345. The standard InChI is InChI=1S/C20H26N2O2S/c1-13-11-18(24-4)14(2)10-15(13)12-17-19(23)22(20(25)21(17)3)16-8-6-5-7-9-16/h10-12,16H,5-9H2,1-4H3/b17-12-. The molecular weight excluding hydrogens is 332 g/mol. The van der Waals surface area contributed by atoms with E-state index in [9.17, 15) is 4.79 Å². The molecule has 0 atom stereocenters. The van der Waals surface area contributed by atoms with Crippen molar-refractivity contribution in [1.29, 1.82) is 0 Å². The summed E-state index contributed by atoms with van der Waals surface area (Å²) in [7, 11) is 3.56. The Labute approximate surface area is 155 Å². The molecule has 134 valence electrons. The van der Waals surface area contributed by atoms with Crippen LogP contribution in [0.2, 0.25) is 0 Å². The third kappa shape index (κ3) is 3.30. The lowest BCUT2D eigenvalue weighted by molar-refractivity contribution is -0.124. The summed E-state index contributed by atoms with van der Waals surface area (Å²) in [5.74, 6) is 0.900. The Balaban J connectivity index is 1.94. The summed E-state index contributed by atoms with van der Waals surface area (Å²) in [5, 5.41) is 0.631. The zero-order chi connectivity index (χ0) is 18.1. The van der Waals surface area contributed by atoms with Crippen molar-refractivity contribution in [1.82, 2.24) is 9.80 Å². The van der Waals surface area contributed by atoms with Crippen LogP contribution >= 0.6 is 12.2 Å². The number of hydrogen-bond acceptors (Lipinski definition) is 3. The quantitative estimate of drug-likeness (QED) is 0.603. The zero-order valence-electron chi connectivity index (χ0n) is 15.5. The van der Waals surface area contributed by atoms with E-state index in [1.54, 1.807) is 7.11 Å². The third-order valence-electron chi connectivity index (χ3n) is 5.31. The highest BCUT2D eigenvalue weighted by molar-refractivity contribution is 7.80. The minimum absolute atomic E-state index is 0.0345. The van der Waals surface area contributed by atoms with Gasteiger partial charge in [-0.2, -0.15) is 0 Å². The fraction of sp³-hybridized carbons (Fsp3) is 0.500. The molecule has 0 unspecified atom stereocenters. The highest BCUT2D eigenvalue weighted by Crippen LogP contribution is 2.32. The number of thiocarbonyl (C=S) groups is 1. The first-order chi connectivity index (χ1) is 11.9. The number of nitrogens with zero attached hydrogens (tertiary/aromatic N) is 2. The molecule has 1 amide bonds. The Morgan fingerprint density at radius 3 is 2.48 bits per heavy atom. The molecule has 1 heterocycles. The maximum Gasteiger partial charge on any atom is 0.277 e. The van der Waals surface area contributed by atoms with Crippen LogP contribution in [0.1, 0.15) is 48.8 Å². The molecule has 0 bridgehead atoms. The van der Waals surface area contributed by atoms with E-state index in [1.165, 1.54) is 19.3 Å². The predicted molar refractivity (Wildman–Crippen MR) is 105 cm³/mol. The monoisotopic (exact) mass is 358 g/mol. The number of likely N-dealkylation sites (N-methyl/N-ethyl adjacent to an activating group) is 1. The Hall–Kier alpha value is -1.88. The van der Waals surface area contributed by atoms with Gasteiger partial charge < -0.3 is 9.64 Å². The van der Waals surface area contributed by atoms with Gasteiger partial charge in [-0.25, -0.2) is 0 Å². The summed E-state index contributed by atoms with van der Waals surface area (Å²) < 4.78 is 5.38. The van der Waals surface area contributed by atoms with Gasteiger partial charge in [0, 0.05) is 13.1 Å². The Morgan fingerprint density at radius 2 is 1.84 bits per heavy atom. The molecule has 2 fully saturated rings. The van der Waals surface area contributed by atoms with Crippen LogP contribution in [0, 0.1) is 13.8 Å². The van der Waals surface area contributed by atoms with Crippen molar-refractivity contribution < 1.29 is 9.53 Å². The summed E-state index contributed by atoms with van der Waals surface area (Å²) in [6.45, 7) is 4.05. The van der Waals surface area contributed by atoms with Gasteiger partial charge in [-0.1, -0.05) is 19.3 Å². The van der Waals surface area contributed by atoms with E-state index in [1.807, 2.05) is 42.8 Å². The molecule has 2 aliphatic rings. The van der Waals surface area contributed by atoms with Gasteiger partial charge in [0.2, 0.25) is 0 Å². The topological polar surface area (TPSA) is 32.8 Å². The summed E-state index contributed by atoms with van der Waals surface area (Å²) in [4.78, 5) is 16.7. The van der Waals surface area contributed by atoms with E-state index >= 15 is 0 Å². The molecule has 0 spiro atoms. The lowest BCUT2D eigenvalue weighted by Crippen LogP contribution is -2.41. The number of ether oxygens (including phenoxy) is 1. The van der Waals surface area contributed by atoms with E-state index < -0.39 is 0 Å². The number of methoxy groups -OCH3 is 1. The Kier molecular flexibility index (Phi) is 5.13. The van der Waals surface area contributed by atoms with Gasteiger partial charge in [0.15, 0.2) is 5.11 Å². The van der Waals surface area contributed by atoms with Crippen molar-refractivity contribution in [3.8, 4) is 5.75 Å². The molecule has 1 aromatic carbocycles. The predicted octanol–water partition coefficient (Wildman–Crippen LogP) is 4.04. The highest BCUT2D eigenvalue weighted by Gasteiger charge is 2.40. The van der Waals surface area contributed by atoms with Gasteiger partial charge in [0.1, 0.15) is 11.4 Å². The Morgan fingerprint density at radius 1 is 1.16 bits per heavy atom. The zero-order valence-corrected chi connectivity index (χ0v) is 16.3. The maximum atomic E-state index is 13.1. The highest BCUT2D eigenvalue weighted by atomic mass is 32.1. The SMILES string of the molecule is COc1cc(C)c(/C=C2/C(=O)N(C3CCCCC3)C(=S)N2C)cc1C. The molecule has 25 heavy (non-hydrogen) atoms. The summed E-state index contributed by atoms with van der Waals surface area (Å²) >= 11 is 5.58. The van der Waals surface area contributed by atoms with E-state index in [-0.39, 0.29) is 11.9 Å². The van der Waals surface area contributed by atoms with Crippen LogP contribution in [0.25, 0.3) is 6.08 Å². The molecule has 1 saturated carbocycles. The van der Waals surface area contributed by atoms with Crippen molar-refractivity contribution in [2.45, 2.75) is 52.0 Å².